The minimum Gasteiger partial charge on any atom is -0.347 e. The monoisotopic (exact) mass is 698 g/mol. The van der Waals surface area contributed by atoms with Gasteiger partial charge in [0.25, 0.3) is 0 Å². The van der Waals surface area contributed by atoms with Gasteiger partial charge in [-0.3, -0.25) is 0 Å². The molecule has 0 radical (unpaired) electrons. The number of rotatable bonds is 36. The third-order valence-corrected chi connectivity index (χ3v) is 10.6. The summed E-state index contributed by atoms with van der Waals surface area (Å²) in [6.45, 7) is 7.64. The van der Waals surface area contributed by atoms with Crippen LogP contribution in [0.1, 0.15) is 213 Å². The van der Waals surface area contributed by atoms with Crippen molar-refractivity contribution in [1.29, 1.82) is 0 Å². The van der Waals surface area contributed by atoms with Crippen LogP contribution >= 0.6 is 0 Å². The summed E-state index contributed by atoms with van der Waals surface area (Å²) in [6, 6.07) is 0.693. The molecule has 0 aliphatic carbocycles. The first-order valence-electron chi connectivity index (χ1n) is 22.2. The van der Waals surface area contributed by atoms with Gasteiger partial charge in [-0.1, -0.05) is 153 Å². The van der Waals surface area contributed by atoms with E-state index in [2.05, 4.69) is 88.4 Å². The fourth-order valence-electron chi connectivity index (χ4n) is 7.33. The van der Waals surface area contributed by atoms with Crippen LogP contribution in [0.4, 0.5) is 0 Å². The molecule has 1 rings (SSSR count). The predicted octanol–water partition coefficient (Wildman–Crippen LogP) is 15.0. The average Bonchev–Trinajstić information content (AvgIpc) is 3.52. The lowest BCUT2D eigenvalue weighted by Gasteiger charge is -2.29. The second-order valence-corrected chi connectivity index (χ2v) is 15.6. The maximum absolute atomic E-state index is 6.83. The van der Waals surface area contributed by atoms with Gasteiger partial charge in [0.15, 0.2) is 5.79 Å². The molecular weight excluding hydrogens is 611 g/mol. The van der Waals surface area contributed by atoms with E-state index in [0.29, 0.717) is 6.04 Å². The first-order chi connectivity index (χ1) is 24.6. The molecule has 0 bridgehead atoms. The lowest BCUT2D eigenvalue weighted by Crippen LogP contribution is -2.31. The van der Waals surface area contributed by atoms with Crippen LogP contribution in [0, 0.1) is 0 Å². The van der Waals surface area contributed by atoms with E-state index in [-0.39, 0.29) is 11.9 Å². The predicted molar refractivity (Wildman–Crippen MR) is 223 cm³/mol. The van der Waals surface area contributed by atoms with Gasteiger partial charge in [-0.15, -0.1) is 0 Å². The van der Waals surface area contributed by atoms with Crippen LogP contribution < -0.4 is 0 Å². The number of allylic oxidation sites excluding steroid dienone is 8. The van der Waals surface area contributed by atoms with Gasteiger partial charge in [0.05, 0.1) is 12.7 Å². The normalized spacial score (nSPS) is 19.1. The van der Waals surface area contributed by atoms with Crippen molar-refractivity contribution in [2.45, 2.75) is 231 Å². The molecule has 0 spiro atoms. The number of hydrogen-bond acceptors (Lipinski definition) is 3. The standard InChI is InChI=1S/C47H87NO2/c1-6-9-11-13-15-17-19-21-23-25-27-29-31-33-35-37-43-47(49-44-46(50-47)41-38-40-45(39-8-3)48(4)5)42-36-34-32-30-28-26-24-22-20-18-16-14-12-10-7-2/h15-18,20-23,45-46H,6-14,19,24-44H2,1-5H3/b17-15-,18-16-,22-20+,23-21-. The Bertz CT molecular complexity index is 829. The molecular formula is C47H87NO2. The molecule has 3 nitrogen and oxygen atoms in total. The molecule has 292 valence electrons. The first kappa shape index (κ1) is 46.9. The molecule has 0 aromatic rings. The highest BCUT2D eigenvalue weighted by Crippen LogP contribution is 2.36. The summed E-state index contributed by atoms with van der Waals surface area (Å²) in [5.41, 5.74) is 0. The molecule has 1 aliphatic rings. The number of unbranched alkanes of at least 4 members (excludes halogenated alkanes) is 18. The topological polar surface area (TPSA) is 21.7 Å². The van der Waals surface area contributed by atoms with Crippen LogP contribution in [0.3, 0.4) is 0 Å². The lowest BCUT2D eigenvalue weighted by atomic mass is 9.98. The van der Waals surface area contributed by atoms with Crippen LogP contribution in [0.5, 0.6) is 0 Å². The lowest BCUT2D eigenvalue weighted by molar-refractivity contribution is -0.180. The zero-order valence-electron chi connectivity index (χ0n) is 34.5. The van der Waals surface area contributed by atoms with Gasteiger partial charge in [0.2, 0.25) is 0 Å². The van der Waals surface area contributed by atoms with Crippen LogP contribution in [0.2, 0.25) is 0 Å². The highest BCUT2D eigenvalue weighted by atomic mass is 16.7. The molecule has 3 heteroatoms. The Labute approximate surface area is 314 Å². The Morgan fingerprint density at radius 1 is 0.540 bits per heavy atom. The number of hydrogen-bond donors (Lipinski definition) is 0. The SMILES string of the molecule is CCCCC/C=C\C=C\CCCCCCCCC1(CCCCCCCC/C=C\C/C=C\CCCCC)OCC(CCCC(CCC)N(C)C)O1. The molecule has 0 saturated carbocycles. The van der Waals surface area contributed by atoms with Crippen LogP contribution in [0.15, 0.2) is 48.6 Å². The molecule has 50 heavy (non-hydrogen) atoms. The molecule has 1 fully saturated rings. The fraction of sp³-hybridized carbons (Fsp3) is 0.830. The van der Waals surface area contributed by atoms with E-state index in [1.165, 1.54) is 167 Å². The molecule has 0 N–H and O–H groups in total. The molecule has 0 amide bonds. The highest BCUT2D eigenvalue weighted by molar-refractivity contribution is 5.02. The zero-order chi connectivity index (χ0) is 36.2. The third kappa shape index (κ3) is 27.5. The van der Waals surface area contributed by atoms with Gasteiger partial charge in [0, 0.05) is 18.9 Å². The van der Waals surface area contributed by atoms with Crippen molar-refractivity contribution in [3.05, 3.63) is 48.6 Å². The zero-order valence-corrected chi connectivity index (χ0v) is 34.5. The maximum atomic E-state index is 6.83. The van der Waals surface area contributed by atoms with Crippen LogP contribution in [-0.4, -0.2) is 43.5 Å². The van der Waals surface area contributed by atoms with E-state index in [9.17, 15) is 0 Å². The molecule has 1 aliphatic heterocycles. The minimum atomic E-state index is -0.320. The van der Waals surface area contributed by atoms with Gasteiger partial charge in [-0.2, -0.15) is 0 Å². The van der Waals surface area contributed by atoms with Gasteiger partial charge in [-0.25, -0.2) is 0 Å². The van der Waals surface area contributed by atoms with Gasteiger partial charge < -0.3 is 14.4 Å². The Kier molecular flexibility index (Phi) is 32.7. The summed E-state index contributed by atoms with van der Waals surface area (Å²) < 4.78 is 13.4. The van der Waals surface area contributed by atoms with E-state index in [4.69, 9.17) is 9.47 Å². The van der Waals surface area contributed by atoms with Crippen molar-refractivity contribution in [3.63, 3.8) is 0 Å². The van der Waals surface area contributed by atoms with Gasteiger partial charge in [0.1, 0.15) is 0 Å². The van der Waals surface area contributed by atoms with E-state index in [0.717, 1.165) is 32.3 Å². The quantitative estimate of drug-likeness (QED) is 0.0369. The first-order valence-corrected chi connectivity index (χ1v) is 22.2. The number of nitrogens with zero attached hydrogens (tertiary/aromatic N) is 1. The van der Waals surface area contributed by atoms with E-state index in [1.807, 2.05) is 0 Å². The number of ether oxygens (including phenoxy) is 2. The largest absolute Gasteiger partial charge is 0.347 e. The summed E-state index contributed by atoms with van der Waals surface area (Å²) in [7, 11) is 4.47. The summed E-state index contributed by atoms with van der Waals surface area (Å²) in [5, 5.41) is 0. The Morgan fingerprint density at radius 3 is 1.52 bits per heavy atom. The fourth-order valence-corrected chi connectivity index (χ4v) is 7.33. The van der Waals surface area contributed by atoms with Crippen molar-refractivity contribution in [2.24, 2.45) is 0 Å². The molecule has 0 aromatic carbocycles. The van der Waals surface area contributed by atoms with Crippen LogP contribution in [0.25, 0.3) is 0 Å². The second kappa shape index (κ2) is 34.9. The summed E-state index contributed by atoms with van der Waals surface area (Å²) in [4.78, 5) is 2.41. The van der Waals surface area contributed by atoms with Crippen LogP contribution in [-0.2, 0) is 9.47 Å². The van der Waals surface area contributed by atoms with E-state index >= 15 is 0 Å². The molecule has 1 heterocycles. The minimum absolute atomic E-state index is 0.281. The van der Waals surface area contributed by atoms with Crippen molar-refractivity contribution in [1.82, 2.24) is 4.90 Å². The highest BCUT2D eigenvalue weighted by Gasteiger charge is 2.40. The van der Waals surface area contributed by atoms with Crippen molar-refractivity contribution in [2.75, 3.05) is 20.7 Å². The Hall–Kier alpha value is -1.16. The maximum Gasteiger partial charge on any atom is 0.168 e. The molecule has 1 saturated heterocycles. The summed E-state index contributed by atoms with van der Waals surface area (Å²) >= 11 is 0. The molecule has 3 atom stereocenters. The summed E-state index contributed by atoms with van der Waals surface area (Å²) in [6.07, 6.45) is 57.1. The summed E-state index contributed by atoms with van der Waals surface area (Å²) in [5.74, 6) is -0.320. The third-order valence-electron chi connectivity index (χ3n) is 10.6. The second-order valence-electron chi connectivity index (χ2n) is 15.6. The Balaban J connectivity index is 2.32. The van der Waals surface area contributed by atoms with Crippen molar-refractivity contribution >= 4 is 0 Å². The van der Waals surface area contributed by atoms with Crippen molar-refractivity contribution < 1.29 is 9.47 Å². The Morgan fingerprint density at radius 2 is 1.02 bits per heavy atom. The van der Waals surface area contributed by atoms with Gasteiger partial charge in [-0.05, 0) is 110 Å². The smallest absolute Gasteiger partial charge is 0.168 e. The van der Waals surface area contributed by atoms with E-state index in [1.54, 1.807) is 0 Å². The van der Waals surface area contributed by atoms with Crippen molar-refractivity contribution in [3.8, 4) is 0 Å². The van der Waals surface area contributed by atoms with E-state index < -0.39 is 0 Å². The van der Waals surface area contributed by atoms with Gasteiger partial charge >= 0.3 is 0 Å². The molecule has 0 aromatic heterocycles. The molecule has 3 unspecified atom stereocenters. The average molecular weight is 698 g/mol.